The molecule has 0 radical (unpaired) electrons. The molecule has 0 rings (SSSR count). The average Bonchev–Trinajstić information content (AvgIpc) is 2.94. The van der Waals surface area contributed by atoms with E-state index in [4.69, 9.17) is 40.9 Å². The Labute approximate surface area is 277 Å². The van der Waals surface area contributed by atoms with Gasteiger partial charge in [0.1, 0.15) is 0 Å². The van der Waals surface area contributed by atoms with E-state index in [0.717, 1.165) is 32.1 Å². The van der Waals surface area contributed by atoms with E-state index >= 15 is 0 Å². The zero-order valence-corrected chi connectivity index (χ0v) is 31.5. The maximum Gasteiger partial charge on any atom is 0.0635 e. The van der Waals surface area contributed by atoms with Gasteiger partial charge in [-0.2, -0.15) is 0 Å². The van der Waals surface area contributed by atoms with Gasteiger partial charge < -0.3 is 51.1 Å². The Morgan fingerprint density at radius 2 is 0.978 bits per heavy atom. The van der Waals surface area contributed by atoms with Crippen LogP contribution >= 0.6 is 0 Å². The minimum Gasteiger partial charge on any atom is -0.396 e. The molecule has 0 heterocycles. The lowest BCUT2D eigenvalue weighted by atomic mass is 9.82. The molecule has 0 saturated carbocycles. The molecule has 0 aliphatic rings. The fraction of sp³-hybridized carbons (Fsp3) is 1.00. The van der Waals surface area contributed by atoms with Crippen LogP contribution in [0.3, 0.4) is 0 Å². The first-order chi connectivity index (χ1) is 20.5. The molecule has 45 heavy (non-hydrogen) atoms. The van der Waals surface area contributed by atoms with E-state index in [2.05, 4.69) is 0 Å². The Morgan fingerprint density at radius 3 is 1.09 bits per heavy atom. The number of hydrogen-bond acceptors (Lipinski definition) is 10. The summed E-state index contributed by atoms with van der Waals surface area (Å²) in [4.78, 5) is 0. The quantitative estimate of drug-likeness (QED) is 0.109. The van der Waals surface area contributed by atoms with Crippen LogP contribution in [0.4, 0.5) is 0 Å². The van der Waals surface area contributed by atoms with E-state index in [0.29, 0.717) is 19.3 Å². The van der Waals surface area contributed by atoms with E-state index in [1.54, 1.807) is 34.6 Å². The fourth-order valence-electron chi connectivity index (χ4n) is 4.00. The minimum absolute atomic E-state index is 0.0341. The van der Waals surface area contributed by atoms with Crippen LogP contribution in [0.25, 0.3) is 0 Å². The molecular formula is C35H80O10. The maximum absolute atomic E-state index is 9.49. The molecule has 10 nitrogen and oxygen atoms in total. The third-order valence-electron chi connectivity index (χ3n) is 7.70. The summed E-state index contributed by atoms with van der Waals surface area (Å²) in [6.45, 7) is 24.4. The van der Waals surface area contributed by atoms with Gasteiger partial charge in [0.25, 0.3) is 0 Å². The van der Waals surface area contributed by atoms with Crippen LogP contribution in [-0.2, 0) is 0 Å². The van der Waals surface area contributed by atoms with Crippen molar-refractivity contribution in [2.24, 2.45) is 22.7 Å². The fourth-order valence-corrected chi connectivity index (χ4v) is 4.00. The van der Waals surface area contributed by atoms with Gasteiger partial charge in [-0.25, -0.2) is 0 Å². The first-order valence-corrected chi connectivity index (χ1v) is 17.0. The SMILES string of the molecule is CC(C)C(O)C(C)(C)CO.CC(O)CC(C)(C)O.CC(O)CCC(C)O.CCC(CC)(CO)CO.CCCC(O)C(CC)CO. The van der Waals surface area contributed by atoms with Gasteiger partial charge in [0.15, 0.2) is 0 Å². The molecule has 0 saturated heterocycles. The van der Waals surface area contributed by atoms with Gasteiger partial charge in [-0.3, -0.25) is 0 Å². The van der Waals surface area contributed by atoms with Gasteiger partial charge in [-0.05, 0) is 79.1 Å². The zero-order chi connectivity index (χ0) is 37.0. The lowest BCUT2D eigenvalue weighted by Gasteiger charge is -2.30. The van der Waals surface area contributed by atoms with Crippen LogP contribution in [-0.4, -0.2) is 114 Å². The Morgan fingerprint density at radius 1 is 0.578 bits per heavy atom. The Kier molecular flexibility index (Phi) is 37.1. The first-order valence-electron chi connectivity index (χ1n) is 17.0. The smallest absolute Gasteiger partial charge is 0.0635 e. The van der Waals surface area contributed by atoms with Gasteiger partial charge in [-0.15, -0.1) is 0 Å². The number of rotatable bonds is 17. The normalized spacial score (nSPS) is 15.7. The van der Waals surface area contributed by atoms with Crippen molar-refractivity contribution in [3.8, 4) is 0 Å². The van der Waals surface area contributed by atoms with Gasteiger partial charge >= 0.3 is 0 Å². The summed E-state index contributed by atoms with van der Waals surface area (Å²) in [5.41, 5.74) is -1.32. The Hall–Kier alpha value is -0.400. The van der Waals surface area contributed by atoms with Crippen molar-refractivity contribution >= 4 is 0 Å². The first kappa shape index (κ1) is 54.1. The van der Waals surface area contributed by atoms with Crippen LogP contribution in [0.1, 0.15) is 141 Å². The zero-order valence-electron chi connectivity index (χ0n) is 31.5. The second-order valence-corrected chi connectivity index (χ2v) is 14.2. The van der Waals surface area contributed by atoms with E-state index in [-0.39, 0.29) is 67.4 Å². The summed E-state index contributed by atoms with van der Waals surface area (Å²) in [7, 11) is 0. The summed E-state index contributed by atoms with van der Waals surface area (Å²) < 4.78 is 0. The lowest BCUT2D eigenvalue weighted by Crippen LogP contribution is -2.36. The summed E-state index contributed by atoms with van der Waals surface area (Å²) in [6, 6.07) is 0. The van der Waals surface area contributed by atoms with Crippen LogP contribution in [0.5, 0.6) is 0 Å². The van der Waals surface area contributed by atoms with E-state index in [9.17, 15) is 10.2 Å². The lowest BCUT2D eigenvalue weighted by molar-refractivity contribution is -0.0204. The topological polar surface area (TPSA) is 202 Å². The molecule has 0 aliphatic carbocycles. The Bertz CT molecular complexity index is 556. The molecule has 0 spiro atoms. The predicted molar refractivity (Wildman–Crippen MR) is 186 cm³/mol. The molecule has 0 amide bonds. The highest BCUT2D eigenvalue weighted by Gasteiger charge is 2.29. The van der Waals surface area contributed by atoms with Crippen LogP contribution in [0, 0.1) is 22.7 Å². The van der Waals surface area contributed by atoms with Crippen molar-refractivity contribution in [3.63, 3.8) is 0 Å². The highest BCUT2D eigenvalue weighted by molar-refractivity contribution is 4.78. The van der Waals surface area contributed by atoms with Crippen LogP contribution in [0.15, 0.2) is 0 Å². The van der Waals surface area contributed by atoms with Crippen molar-refractivity contribution in [1.29, 1.82) is 0 Å². The molecule has 0 bridgehead atoms. The largest absolute Gasteiger partial charge is 0.396 e. The van der Waals surface area contributed by atoms with E-state index in [1.807, 2.05) is 55.4 Å². The monoisotopic (exact) mass is 661 g/mol. The van der Waals surface area contributed by atoms with Crippen LogP contribution < -0.4 is 0 Å². The number of aliphatic hydroxyl groups is 10. The second-order valence-electron chi connectivity index (χ2n) is 14.2. The standard InChI is InChI=1S/2C8H18O2.C7H16O2.2C6H14O2/c1-6(2)7(10)8(3,4)5-9;1-3-5-8(10)7(4-2)6-9;1-3-7(4-2,5-8)6-9;1-5(7)4-6(2,3)8;1-5(7)3-4-6(2)8/h6-7,9-10H,5H2,1-4H3;7-10H,3-6H2,1-2H3;8-9H,3-6H2,1-2H3;5,7-8H,4H2,1-3H3;5-8H,3-4H2,1-2H3. The number of aliphatic hydroxyl groups excluding tert-OH is 9. The molecule has 6 atom stereocenters. The van der Waals surface area contributed by atoms with Gasteiger partial charge in [0, 0.05) is 29.8 Å². The van der Waals surface area contributed by atoms with Gasteiger partial charge in [-0.1, -0.05) is 61.8 Å². The molecule has 280 valence electrons. The maximum atomic E-state index is 9.49. The summed E-state index contributed by atoms with van der Waals surface area (Å²) in [6.07, 6.45) is 4.48. The highest BCUT2D eigenvalue weighted by Crippen LogP contribution is 2.25. The molecule has 0 aliphatic heterocycles. The minimum atomic E-state index is -0.728. The molecule has 6 unspecified atom stereocenters. The Balaban J connectivity index is -0.000000149. The van der Waals surface area contributed by atoms with Gasteiger partial charge in [0.2, 0.25) is 0 Å². The number of hydrogen-bond donors (Lipinski definition) is 10. The molecular weight excluding hydrogens is 580 g/mol. The average molecular weight is 661 g/mol. The van der Waals surface area contributed by atoms with E-state index in [1.165, 1.54) is 0 Å². The third-order valence-corrected chi connectivity index (χ3v) is 7.70. The molecule has 10 heteroatoms. The van der Waals surface area contributed by atoms with Crippen molar-refractivity contribution in [2.45, 2.75) is 177 Å². The van der Waals surface area contributed by atoms with Gasteiger partial charge in [0.05, 0.1) is 55.9 Å². The summed E-state index contributed by atoms with van der Waals surface area (Å²) in [5, 5.41) is 89.2. The molecule has 0 aromatic carbocycles. The molecule has 0 aromatic rings. The van der Waals surface area contributed by atoms with Crippen molar-refractivity contribution < 1.29 is 51.1 Å². The molecule has 0 fully saturated rings. The summed E-state index contributed by atoms with van der Waals surface area (Å²) >= 11 is 0. The highest BCUT2D eigenvalue weighted by atomic mass is 16.3. The van der Waals surface area contributed by atoms with Crippen molar-refractivity contribution in [1.82, 2.24) is 0 Å². The van der Waals surface area contributed by atoms with E-state index < -0.39 is 17.8 Å². The second kappa shape index (κ2) is 30.9. The third kappa shape index (κ3) is 36.3. The molecule has 0 aromatic heterocycles. The van der Waals surface area contributed by atoms with Crippen LogP contribution in [0.2, 0.25) is 0 Å². The predicted octanol–water partition coefficient (Wildman–Crippen LogP) is 4.02. The summed E-state index contributed by atoms with van der Waals surface area (Å²) in [5.74, 6) is 0.294. The molecule has 10 N–H and O–H groups in total. The van der Waals surface area contributed by atoms with Crippen molar-refractivity contribution in [2.75, 3.05) is 26.4 Å². The van der Waals surface area contributed by atoms with Crippen molar-refractivity contribution in [3.05, 3.63) is 0 Å².